The van der Waals surface area contributed by atoms with Gasteiger partial charge in [-0.1, -0.05) is 13.8 Å². The summed E-state index contributed by atoms with van der Waals surface area (Å²) < 4.78 is 12.1. The molecular formula is C27H39N5O4. The molecule has 2 aromatic rings. The summed E-state index contributed by atoms with van der Waals surface area (Å²) in [4.78, 5) is 33.7. The maximum Gasteiger partial charge on any atom is 0.319 e. The van der Waals surface area contributed by atoms with E-state index in [1.54, 1.807) is 49.7 Å². The van der Waals surface area contributed by atoms with E-state index in [9.17, 15) is 9.59 Å². The molecule has 9 heteroatoms. The van der Waals surface area contributed by atoms with Crippen molar-refractivity contribution in [2.45, 2.75) is 45.9 Å². The van der Waals surface area contributed by atoms with Crippen LogP contribution in [0.3, 0.4) is 0 Å². The molecule has 0 unspecified atom stereocenters. The smallest absolute Gasteiger partial charge is 0.319 e. The Morgan fingerprint density at radius 2 is 1.94 bits per heavy atom. The summed E-state index contributed by atoms with van der Waals surface area (Å²) >= 11 is 0. The molecule has 1 aliphatic rings. The second-order valence-electron chi connectivity index (χ2n) is 9.47. The Kier molecular flexibility index (Phi) is 10.1. The molecule has 196 valence electrons. The van der Waals surface area contributed by atoms with Crippen molar-refractivity contribution >= 4 is 17.6 Å². The van der Waals surface area contributed by atoms with E-state index in [0.29, 0.717) is 36.7 Å². The van der Waals surface area contributed by atoms with E-state index in [-0.39, 0.29) is 30.0 Å². The fourth-order valence-electron chi connectivity index (χ4n) is 4.28. The van der Waals surface area contributed by atoms with Crippen molar-refractivity contribution in [2.24, 2.45) is 5.92 Å². The lowest BCUT2D eigenvalue weighted by Gasteiger charge is -2.36. The average molecular weight is 498 g/mol. The minimum absolute atomic E-state index is 0.0581. The van der Waals surface area contributed by atoms with Crippen LogP contribution in [-0.4, -0.2) is 79.3 Å². The van der Waals surface area contributed by atoms with Crippen LogP contribution in [0.1, 0.15) is 43.1 Å². The van der Waals surface area contributed by atoms with Crippen molar-refractivity contribution < 1.29 is 19.1 Å². The number of hydrogen-bond donors (Lipinski definition) is 2. The van der Waals surface area contributed by atoms with Crippen LogP contribution < -0.4 is 15.4 Å². The van der Waals surface area contributed by atoms with Gasteiger partial charge >= 0.3 is 6.03 Å². The third-order valence-electron chi connectivity index (χ3n) is 6.50. The number of anilines is 1. The van der Waals surface area contributed by atoms with Gasteiger partial charge in [0.25, 0.3) is 5.91 Å². The Hall–Kier alpha value is -3.17. The molecule has 1 aliphatic heterocycles. The molecule has 0 radical (unpaired) electrons. The van der Waals surface area contributed by atoms with Crippen molar-refractivity contribution in [2.75, 3.05) is 45.7 Å². The van der Waals surface area contributed by atoms with Gasteiger partial charge < -0.3 is 25.0 Å². The molecule has 0 saturated carbocycles. The van der Waals surface area contributed by atoms with Crippen molar-refractivity contribution in [1.82, 2.24) is 20.1 Å². The number of likely N-dealkylation sites (N-methyl/N-ethyl adjacent to an activating group) is 1. The quantitative estimate of drug-likeness (QED) is 0.633. The highest BCUT2D eigenvalue weighted by molar-refractivity contribution is 5.98. The van der Waals surface area contributed by atoms with E-state index < -0.39 is 0 Å². The lowest BCUT2D eigenvalue weighted by Crippen LogP contribution is -2.46. The van der Waals surface area contributed by atoms with Gasteiger partial charge in [0.1, 0.15) is 12.4 Å². The van der Waals surface area contributed by atoms with Crippen LogP contribution in [0.15, 0.2) is 42.7 Å². The number of fused-ring (bicyclic) bond motifs is 1. The topological polar surface area (TPSA) is 96.0 Å². The predicted octanol–water partition coefficient (Wildman–Crippen LogP) is 3.62. The largest absolute Gasteiger partial charge is 0.491 e. The minimum atomic E-state index is -0.290. The number of ether oxygens (including phenoxy) is 2. The second kappa shape index (κ2) is 13.2. The number of rotatable bonds is 6. The van der Waals surface area contributed by atoms with Crippen LogP contribution in [0.2, 0.25) is 0 Å². The Morgan fingerprint density at radius 3 is 2.64 bits per heavy atom. The maximum absolute atomic E-state index is 13.4. The SMILES string of the molecule is CCCNC(=O)Nc1ccc2c(c1)OC[C@H](C)N(Cc1ccncc1)C[C@H](C)[C@H](OC)CN(C)C2=O. The van der Waals surface area contributed by atoms with Gasteiger partial charge in [0.15, 0.2) is 0 Å². The summed E-state index contributed by atoms with van der Waals surface area (Å²) in [7, 11) is 3.47. The lowest BCUT2D eigenvalue weighted by molar-refractivity contribution is 0.00921. The van der Waals surface area contributed by atoms with Gasteiger partial charge in [0, 0.05) is 70.5 Å². The first-order chi connectivity index (χ1) is 17.3. The number of amides is 3. The van der Waals surface area contributed by atoms with Gasteiger partial charge in [-0.05, 0) is 49.1 Å². The fraction of sp³-hybridized carbons (Fsp3) is 0.519. The highest BCUT2D eigenvalue weighted by Gasteiger charge is 2.28. The molecule has 0 spiro atoms. The molecule has 0 aliphatic carbocycles. The third kappa shape index (κ3) is 7.41. The Balaban J connectivity index is 1.90. The molecule has 2 heterocycles. The van der Waals surface area contributed by atoms with E-state index >= 15 is 0 Å². The zero-order valence-electron chi connectivity index (χ0n) is 22.0. The molecular weight excluding hydrogens is 458 g/mol. The third-order valence-corrected chi connectivity index (χ3v) is 6.50. The van der Waals surface area contributed by atoms with Gasteiger partial charge in [-0.2, -0.15) is 0 Å². The molecule has 0 saturated heterocycles. The van der Waals surface area contributed by atoms with E-state index in [2.05, 4.69) is 34.4 Å². The van der Waals surface area contributed by atoms with Crippen LogP contribution in [0.5, 0.6) is 5.75 Å². The number of urea groups is 1. The number of benzene rings is 1. The molecule has 3 amide bonds. The molecule has 0 fully saturated rings. The average Bonchev–Trinajstić information content (AvgIpc) is 2.88. The monoisotopic (exact) mass is 497 g/mol. The number of aromatic nitrogens is 1. The predicted molar refractivity (Wildman–Crippen MR) is 140 cm³/mol. The van der Waals surface area contributed by atoms with Gasteiger partial charge in [-0.15, -0.1) is 0 Å². The summed E-state index contributed by atoms with van der Waals surface area (Å²) in [5, 5.41) is 5.62. The van der Waals surface area contributed by atoms with Crippen LogP contribution >= 0.6 is 0 Å². The van der Waals surface area contributed by atoms with Crippen LogP contribution in [0.4, 0.5) is 10.5 Å². The van der Waals surface area contributed by atoms with Crippen molar-refractivity contribution in [3.63, 3.8) is 0 Å². The summed E-state index contributed by atoms with van der Waals surface area (Å²) in [5.41, 5.74) is 2.19. The van der Waals surface area contributed by atoms with Gasteiger partial charge in [-0.3, -0.25) is 14.7 Å². The zero-order valence-corrected chi connectivity index (χ0v) is 22.0. The Bertz CT molecular complexity index is 1000. The van der Waals surface area contributed by atoms with E-state index in [4.69, 9.17) is 9.47 Å². The van der Waals surface area contributed by atoms with Gasteiger partial charge in [0.2, 0.25) is 0 Å². The summed E-state index contributed by atoms with van der Waals surface area (Å²) in [6, 6.07) is 8.96. The van der Waals surface area contributed by atoms with Crippen LogP contribution in [0.25, 0.3) is 0 Å². The fourth-order valence-corrected chi connectivity index (χ4v) is 4.28. The zero-order chi connectivity index (χ0) is 26.1. The minimum Gasteiger partial charge on any atom is -0.491 e. The first-order valence-corrected chi connectivity index (χ1v) is 12.5. The molecule has 36 heavy (non-hydrogen) atoms. The second-order valence-corrected chi connectivity index (χ2v) is 9.47. The number of methoxy groups -OCH3 is 1. The number of pyridine rings is 1. The van der Waals surface area contributed by atoms with Crippen LogP contribution in [-0.2, 0) is 11.3 Å². The molecule has 3 atom stereocenters. The first kappa shape index (κ1) is 27.4. The number of carbonyl (C=O) groups is 2. The van der Waals surface area contributed by atoms with Gasteiger partial charge in [-0.25, -0.2) is 4.79 Å². The highest BCUT2D eigenvalue weighted by Crippen LogP contribution is 2.27. The van der Waals surface area contributed by atoms with Crippen molar-refractivity contribution in [1.29, 1.82) is 0 Å². The Labute approximate surface area is 214 Å². The normalized spacial score (nSPS) is 21.5. The number of nitrogens with one attached hydrogen (secondary N) is 2. The summed E-state index contributed by atoms with van der Waals surface area (Å²) in [5.74, 6) is 0.475. The molecule has 1 aromatic carbocycles. The summed E-state index contributed by atoms with van der Waals surface area (Å²) in [6.45, 7) is 9.20. The summed E-state index contributed by atoms with van der Waals surface area (Å²) in [6.07, 6.45) is 4.32. The van der Waals surface area contributed by atoms with Gasteiger partial charge in [0.05, 0.1) is 11.7 Å². The van der Waals surface area contributed by atoms with E-state index in [0.717, 1.165) is 19.5 Å². The number of hydrogen-bond acceptors (Lipinski definition) is 6. The van der Waals surface area contributed by atoms with Crippen molar-refractivity contribution in [3.8, 4) is 5.75 Å². The Morgan fingerprint density at radius 1 is 1.19 bits per heavy atom. The molecule has 1 aromatic heterocycles. The standard InChI is InChI=1S/C27H39N5O4/c1-6-11-29-27(34)30-22-7-8-23-24(14-22)36-18-20(3)32(16-21-9-12-28-13-10-21)15-19(2)25(35-5)17-31(4)26(23)33/h7-10,12-14,19-20,25H,6,11,15-18H2,1-5H3,(H2,29,30,34)/t19-,20-,25+/m0/s1. The number of carbonyl (C=O) groups excluding carboxylic acids is 2. The molecule has 0 bridgehead atoms. The van der Waals surface area contributed by atoms with Crippen molar-refractivity contribution in [3.05, 3.63) is 53.9 Å². The van der Waals surface area contributed by atoms with Crippen LogP contribution in [0, 0.1) is 5.92 Å². The highest BCUT2D eigenvalue weighted by atomic mass is 16.5. The van der Waals surface area contributed by atoms with E-state index in [1.165, 1.54) is 5.56 Å². The lowest BCUT2D eigenvalue weighted by atomic mass is 10.0. The first-order valence-electron chi connectivity index (χ1n) is 12.5. The molecule has 9 nitrogen and oxygen atoms in total. The molecule has 2 N–H and O–H groups in total. The number of nitrogens with zero attached hydrogens (tertiary/aromatic N) is 3. The maximum atomic E-state index is 13.4. The molecule has 3 rings (SSSR count). The van der Waals surface area contributed by atoms with E-state index in [1.807, 2.05) is 19.1 Å².